The van der Waals surface area contributed by atoms with Gasteiger partial charge in [0.1, 0.15) is 0 Å². The second-order valence-electron chi connectivity index (χ2n) is 7.48. The molecule has 0 saturated heterocycles. The molecule has 28 heavy (non-hydrogen) atoms. The predicted octanol–water partition coefficient (Wildman–Crippen LogP) is 7.33. The third-order valence-corrected chi connectivity index (χ3v) is 4.69. The molecule has 0 N–H and O–H groups in total. The van der Waals surface area contributed by atoms with Crippen LogP contribution in [0.1, 0.15) is 96.8 Å². The van der Waals surface area contributed by atoms with Gasteiger partial charge in [-0.3, -0.25) is 0 Å². The Kier molecular flexibility index (Phi) is 20.9. The molecule has 162 valence electrons. The van der Waals surface area contributed by atoms with Crippen molar-refractivity contribution in [1.29, 1.82) is 0 Å². The molecular formula is C25H44O3. The van der Waals surface area contributed by atoms with E-state index in [1.807, 2.05) is 0 Å². The van der Waals surface area contributed by atoms with E-state index in [2.05, 4.69) is 32.2 Å². The number of hydrogen-bond donors (Lipinski definition) is 0. The van der Waals surface area contributed by atoms with Crippen LogP contribution in [-0.4, -0.2) is 25.8 Å². The summed E-state index contributed by atoms with van der Waals surface area (Å²) in [4.78, 5) is 11.7. The van der Waals surface area contributed by atoms with Crippen LogP contribution in [-0.2, 0) is 14.3 Å². The predicted molar refractivity (Wildman–Crippen MR) is 121 cm³/mol. The lowest BCUT2D eigenvalue weighted by molar-refractivity contribution is -0.139. The highest BCUT2D eigenvalue weighted by atomic mass is 16.5. The molecule has 0 spiro atoms. The van der Waals surface area contributed by atoms with E-state index in [1.54, 1.807) is 6.08 Å². The fourth-order valence-electron chi connectivity index (χ4n) is 2.94. The molecule has 0 unspecified atom stereocenters. The van der Waals surface area contributed by atoms with E-state index >= 15 is 0 Å². The van der Waals surface area contributed by atoms with Gasteiger partial charge in [0.25, 0.3) is 0 Å². The maximum absolute atomic E-state index is 11.7. The summed E-state index contributed by atoms with van der Waals surface area (Å²) >= 11 is 0. The van der Waals surface area contributed by atoms with E-state index in [-0.39, 0.29) is 12.6 Å². The summed E-state index contributed by atoms with van der Waals surface area (Å²) in [6, 6.07) is 0. The fourth-order valence-corrected chi connectivity index (χ4v) is 2.94. The summed E-state index contributed by atoms with van der Waals surface area (Å²) in [5, 5.41) is 0. The van der Waals surface area contributed by atoms with E-state index < -0.39 is 0 Å². The molecule has 0 aliphatic carbocycles. The molecule has 0 aromatic heterocycles. The van der Waals surface area contributed by atoms with Crippen LogP contribution in [0.2, 0.25) is 0 Å². The lowest BCUT2D eigenvalue weighted by Gasteiger charge is -2.07. The molecule has 0 saturated carbocycles. The normalized spacial score (nSPS) is 11.0. The summed E-state index contributed by atoms with van der Waals surface area (Å²) in [6.07, 6.45) is 24.2. The van der Waals surface area contributed by atoms with Crippen LogP contribution in [0.3, 0.4) is 0 Å². The van der Waals surface area contributed by atoms with Gasteiger partial charge in [-0.2, -0.15) is 0 Å². The molecule has 3 nitrogen and oxygen atoms in total. The summed E-state index contributed by atoms with van der Waals surface area (Å²) in [5.74, 6) is -0.350. The number of esters is 1. The Bertz CT molecular complexity index is 412. The van der Waals surface area contributed by atoms with Crippen molar-refractivity contribution in [2.45, 2.75) is 96.8 Å². The van der Waals surface area contributed by atoms with Gasteiger partial charge in [0, 0.05) is 0 Å². The summed E-state index contributed by atoms with van der Waals surface area (Å²) in [6.45, 7) is 10.6. The first-order valence-electron chi connectivity index (χ1n) is 11.4. The smallest absolute Gasteiger partial charge is 0.335 e. The van der Waals surface area contributed by atoms with Crippen LogP contribution in [0.25, 0.3) is 0 Å². The van der Waals surface area contributed by atoms with Crippen LogP contribution in [0.15, 0.2) is 37.0 Å². The van der Waals surface area contributed by atoms with Crippen LogP contribution >= 0.6 is 0 Å². The monoisotopic (exact) mass is 392 g/mol. The molecule has 0 radical (unpaired) electrons. The van der Waals surface area contributed by atoms with E-state index in [0.717, 1.165) is 12.8 Å². The number of rotatable bonds is 21. The van der Waals surface area contributed by atoms with Crippen LogP contribution in [0, 0.1) is 0 Å². The second-order valence-corrected chi connectivity index (χ2v) is 7.48. The number of ether oxygens (including phenoxy) is 2. The Balaban J connectivity index is 3.28. The van der Waals surface area contributed by atoms with Gasteiger partial charge in [-0.15, -0.1) is 6.58 Å². The number of unbranched alkanes of at least 4 members (excludes halogenated alkanes) is 12. The van der Waals surface area contributed by atoms with Crippen molar-refractivity contribution in [2.24, 2.45) is 0 Å². The van der Waals surface area contributed by atoms with Crippen molar-refractivity contribution in [3.63, 3.8) is 0 Å². The maximum Gasteiger partial charge on any atom is 0.335 e. The van der Waals surface area contributed by atoms with Gasteiger partial charge < -0.3 is 9.47 Å². The number of hydrogen-bond acceptors (Lipinski definition) is 3. The summed E-state index contributed by atoms with van der Waals surface area (Å²) in [5.41, 5.74) is 0.367. The lowest BCUT2D eigenvalue weighted by atomic mass is 10.1. The van der Waals surface area contributed by atoms with Crippen molar-refractivity contribution in [3.8, 4) is 0 Å². The Morgan fingerprint density at radius 2 is 1.36 bits per heavy atom. The van der Waals surface area contributed by atoms with Crippen molar-refractivity contribution >= 4 is 5.97 Å². The largest absolute Gasteiger partial charge is 0.462 e. The average Bonchev–Trinajstić information content (AvgIpc) is 2.70. The highest BCUT2D eigenvalue weighted by Gasteiger charge is 2.07. The number of carbonyl (C=O) groups is 1. The summed E-state index contributed by atoms with van der Waals surface area (Å²) < 4.78 is 10.4. The fraction of sp³-hybridized carbons (Fsp3) is 0.720. The Labute approximate surface area is 174 Å². The van der Waals surface area contributed by atoms with Crippen molar-refractivity contribution in [1.82, 2.24) is 0 Å². The topological polar surface area (TPSA) is 35.5 Å². The van der Waals surface area contributed by atoms with Crippen molar-refractivity contribution in [2.75, 3.05) is 19.8 Å². The SMILES string of the molecule is C=CCOCC(=C)C(=O)OCCCCCCCC/C=C\CCCCCCCC. The van der Waals surface area contributed by atoms with Gasteiger partial charge in [-0.05, 0) is 32.1 Å². The minimum atomic E-state index is -0.350. The molecule has 0 aromatic carbocycles. The molecule has 0 rings (SSSR count). The summed E-state index contributed by atoms with van der Waals surface area (Å²) in [7, 11) is 0. The van der Waals surface area contributed by atoms with Crippen molar-refractivity contribution in [3.05, 3.63) is 37.0 Å². The maximum atomic E-state index is 11.7. The minimum absolute atomic E-state index is 0.207. The molecule has 0 amide bonds. The zero-order valence-electron chi connectivity index (χ0n) is 18.4. The molecular weight excluding hydrogens is 348 g/mol. The zero-order chi connectivity index (χ0) is 20.7. The van der Waals surface area contributed by atoms with Crippen LogP contribution in [0.5, 0.6) is 0 Å². The van der Waals surface area contributed by atoms with Gasteiger partial charge in [-0.25, -0.2) is 4.79 Å². The van der Waals surface area contributed by atoms with E-state index in [0.29, 0.717) is 18.8 Å². The highest BCUT2D eigenvalue weighted by Crippen LogP contribution is 2.10. The van der Waals surface area contributed by atoms with Crippen molar-refractivity contribution < 1.29 is 14.3 Å². The van der Waals surface area contributed by atoms with Crippen LogP contribution < -0.4 is 0 Å². The first-order valence-corrected chi connectivity index (χ1v) is 11.4. The second kappa shape index (κ2) is 21.9. The van der Waals surface area contributed by atoms with E-state index in [1.165, 1.54) is 77.0 Å². The highest BCUT2D eigenvalue weighted by molar-refractivity contribution is 5.87. The average molecular weight is 393 g/mol. The molecule has 0 bridgehead atoms. The Morgan fingerprint density at radius 3 is 1.93 bits per heavy atom. The van der Waals surface area contributed by atoms with Crippen LogP contribution in [0.4, 0.5) is 0 Å². The Morgan fingerprint density at radius 1 is 0.821 bits per heavy atom. The molecule has 0 aliphatic heterocycles. The first kappa shape index (κ1) is 26.6. The van der Waals surface area contributed by atoms with Gasteiger partial charge in [-0.1, -0.05) is 89.5 Å². The standard InChI is InChI=1S/C25H44O3/c1-4-6-7-8-9-10-11-12-13-14-15-16-17-18-19-20-22-28-25(26)24(3)23-27-21-5-2/h5,12-13H,2-4,6-11,14-23H2,1H3/b13-12-. The third-order valence-electron chi connectivity index (χ3n) is 4.69. The van der Waals surface area contributed by atoms with Gasteiger partial charge in [0.2, 0.25) is 0 Å². The third kappa shape index (κ3) is 19.4. The molecule has 3 heteroatoms. The Hall–Kier alpha value is -1.35. The molecule has 0 fully saturated rings. The zero-order valence-corrected chi connectivity index (χ0v) is 18.4. The minimum Gasteiger partial charge on any atom is -0.462 e. The molecule has 0 heterocycles. The van der Waals surface area contributed by atoms with E-state index in [9.17, 15) is 4.79 Å². The molecule has 0 atom stereocenters. The van der Waals surface area contributed by atoms with Gasteiger partial charge in [0.15, 0.2) is 0 Å². The van der Waals surface area contributed by atoms with Gasteiger partial charge >= 0.3 is 5.97 Å². The number of carbonyl (C=O) groups excluding carboxylic acids is 1. The van der Waals surface area contributed by atoms with Gasteiger partial charge in [0.05, 0.1) is 25.4 Å². The molecule has 0 aromatic rings. The lowest BCUT2D eigenvalue weighted by Crippen LogP contribution is -2.12. The quantitative estimate of drug-likeness (QED) is 0.0888. The number of allylic oxidation sites excluding steroid dienone is 2. The molecule has 0 aliphatic rings. The van der Waals surface area contributed by atoms with E-state index in [4.69, 9.17) is 9.47 Å². The first-order chi connectivity index (χ1) is 13.7.